The molecule has 1 fully saturated rings. The lowest BCUT2D eigenvalue weighted by Crippen LogP contribution is -2.62. The van der Waals surface area contributed by atoms with E-state index >= 15 is 0 Å². The van der Waals surface area contributed by atoms with Gasteiger partial charge in [-0.05, 0) is 57.1 Å². The monoisotopic (exact) mass is 1390 g/mol. The number of pyridine rings is 1. The number of phenolic OH excluding ortho intramolecular Hbond substituents is 1. The third-order valence-corrected chi connectivity index (χ3v) is 15.2. The number of rotatable bonds is 38. The quantitative estimate of drug-likeness (QED) is 0.0110. The number of carboxylic acids is 2. The summed E-state index contributed by atoms with van der Waals surface area (Å²) in [6.45, 7) is -5.15. The van der Waals surface area contributed by atoms with Crippen LogP contribution in [0.4, 0.5) is 4.79 Å². The molecule has 1 aromatic heterocycles. The van der Waals surface area contributed by atoms with Crippen molar-refractivity contribution >= 4 is 100 Å². The van der Waals surface area contributed by atoms with Gasteiger partial charge in [-0.1, -0.05) is 0 Å². The number of H-pyrrole nitrogens is 1. The molecule has 0 aromatic carbocycles. The van der Waals surface area contributed by atoms with Gasteiger partial charge in [-0.25, -0.2) is 24.2 Å². The lowest BCUT2D eigenvalue weighted by molar-refractivity contribution is -0.163. The number of aliphatic carboxylic acids is 2. The number of hydroxylamine groups is 2. The summed E-state index contributed by atoms with van der Waals surface area (Å²) in [5, 5.41) is 114. The van der Waals surface area contributed by atoms with E-state index in [-0.39, 0.29) is 80.8 Å². The number of fused-ring (bicyclic) bond motifs is 2. The highest BCUT2D eigenvalue weighted by atomic mass is 16.5. The number of aryl methyl sites for hydroxylation is 1. The topological polar surface area (TPSA) is 669 Å². The molecule has 0 bridgehead atoms. The number of urea groups is 1. The number of aromatic nitrogens is 3. The van der Waals surface area contributed by atoms with Gasteiger partial charge in [0.25, 0.3) is 0 Å². The van der Waals surface area contributed by atoms with Gasteiger partial charge < -0.3 is 119 Å². The summed E-state index contributed by atoms with van der Waals surface area (Å²) in [6, 6.07) is -15.6. The lowest BCUT2D eigenvalue weighted by atomic mass is 10.0. The Labute approximate surface area is 551 Å². The van der Waals surface area contributed by atoms with Crippen molar-refractivity contribution in [3.8, 4) is 17.0 Å². The van der Waals surface area contributed by atoms with E-state index in [2.05, 4.69) is 42.2 Å². The fourth-order valence-electron chi connectivity index (χ4n) is 10.1. The number of carboxylic acid groups (broad SMARTS) is 2. The van der Waals surface area contributed by atoms with Crippen LogP contribution in [0.1, 0.15) is 70.8 Å². The highest BCUT2D eigenvalue weighted by molar-refractivity contribution is 6.00. The van der Waals surface area contributed by atoms with E-state index in [1.165, 1.54) is 15.2 Å². The number of benzene rings is 1. The van der Waals surface area contributed by atoms with Gasteiger partial charge in [0.05, 0.1) is 44.0 Å². The fourth-order valence-corrected chi connectivity index (χ4v) is 10.1. The molecule has 1 aromatic rings. The summed E-state index contributed by atoms with van der Waals surface area (Å²) in [5.74, 6) is -19.0. The Morgan fingerprint density at radius 3 is 1.74 bits per heavy atom. The number of hydrogen-bond acceptors (Lipinski definition) is 25. The predicted molar refractivity (Wildman–Crippen MR) is 323 cm³/mol. The van der Waals surface area contributed by atoms with Crippen molar-refractivity contribution in [2.45, 2.75) is 138 Å². The predicted octanol–water partition coefficient (Wildman–Crippen LogP) is -11.2. The number of imidazole rings is 1. The standard InChI is InChI=1S/C55H76N16O27/c1-23(76)70(97)11-3-5-26(44(85)63-29-9-15-98-53(29)94)59-45(86)28(8-14-73)62-43(84)25(4-2-10-57-54(56)95)60-48(89)33(22-75)66-50(91)40(41(82)52(92)93)68-38(79)20-58-42(83)27(7-13-72)61-47(88)32(21-74)65-46(87)30(18-39(80)81)64-49(90)34-6-12-69-51-31(67-55(69)96)16-24-17-36(77)37(78)19-35(24)71(34)51/h16-17,19,25-30,32-34,40-41,72-75,77,82,97H,2-15,18,20-22H2,1H3,(H,58,83)(H,59,86)(H,60,89)(H,61,88)(H,62,84)(H,63,85)(H,64,90)(H,65,87)(H,66,91)(H,67,96)(H,68,79)(H,80,81)(H,92,93)(H3,56,57,95). The maximum Gasteiger partial charge on any atom is 0.335 e. The minimum Gasteiger partial charge on any atom is -0.504 e. The second-order valence-electron chi connectivity index (χ2n) is 22.2. The van der Waals surface area contributed by atoms with Crippen LogP contribution in [-0.4, -0.2) is 267 Å². The number of ether oxygens (including phenoxy) is 1. The minimum atomic E-state index is -2.86. The molecular formula is C55H76N16O27. The maximum absolute atomic E-state index is 14.0. The van der Waals surface area contributed by atoms with Crippen LogP contribution in [0.25, 0.3) is 22.4 Å². The molecule has 0 spiro atoms. The first-order valence-electron chi connectivity index (χ1n) is 30.1. The first kappa shape index (κ1) is 77.8. The largest absolute Gasteiger partial charge is 0.504 e. The minimum absolute atomic E-state index is 0.0298. The molecule has 98 heavy (non-hydrogen) atoms. The average Bonchev–Trinajstić information content (AvgIpc) is 1.50. The number of nitrogens with one attached hydrogen (secondary N) is 12. The molecule has 4 heterocycles. The summed E-state index contributed by atoms with van der Waals surface area (Å²) in [6.07, 6.45) is -6.30. The third-order valence-electron chi connectivity index (χ3n) is 15.2. The van der Waals surface area contributed by atoms with Gasteiger partial charge in [0.2, 0.25) is 70.4 Å². The van der Waals surface area contributed by atoms with Crippen molar-refractivity contribution < 1.29 is 123 Å². The lowest BCUT2D eigenvalue weighted by Gasteiger charge is -2.31. The molecule has 1 saturated heterocycles. The molecule has 11 unspecified atom stereocenters. The third kappa shape index (κ3) is 21.3. The molecule has 4 aliphatic rings. The van der Waals surface area contributed by atoms with E-state index in [0.717, 1.165) is 19.1 Å². The fraction of sp³-hybridized carbons (Fsp3) is 0.545. The Hall–Kier alpha value is -10.9. The second-order valence-corrected chi connectivity index (χ2v) is 22.2. The first-order valence-corrected chi connectivity index (χ1v) is 30.1. The van der Waals surface area contributed by atoms with E-state index in [9.17, 15) is 128 Å². The highest BCUT2D eigenvalue weighted by Crippen LogP contribution is 2.35. The zero-order chi connectivity index (χ0) is 72.8. The molecule has 3 aliphatic heterocycles. The molecule has 0 radical (unpaired) electrons. The van der Waals surface area contributed by atoms with Crippen molar-refractivity contribution in [2.24, 2.45) is 5.73 Å². The molecule has 0 saturated carbocycles. The number of aliphatic hydroxyl groups is 5. The Morgan fingerprint density at radius 1 is 0.663 bits per heavy atom. The normalized spacial score (nSPS) is 16.7. The Morgan fingerprint density at radius 2 is 1.20 bits per heavy atom. The van der Waals surface area contributed by atoms with Crippen LogP contribution in [0.2, 0.25) is 0 Å². The van der Waals surface area contributed by atoms with Gasteiger partial charge >= 0.3 is 29.6 Å². The number of nitrogens with zero attached hydrogens (tertiary/aromatic N) is 3. The van der Waals surface area contributed by atoms with Crippen LogP contribution in [0, 0.1) is 0 Å². The zero-order valence-electron chi connectivity index (χ0n) is 52.1. The number of aromatic amines is 1. The molecule has 5 rings (SSSR count). The van der Waals surface area contributed by atoms with Gasteiger partial charge in [0.15, 0.2) is 11.9 Å². The summed E-state index contributed by atoms with van der Waals surface area (Å²) in [4.78, 5) is 223. The number of nitrogens with two attached hydrogens (primary N) is 1. The smallest absolute Gasteiger partial charge is 0.335 e. The second kappa shape index (κ2) is 36.3. The number of hydrogen-bond donors (Lipinski definition) is 22. The van der Waals surface area contributed by atoms with Gasteiger partial charge in [0, 0.05) is 57.8 Å². The summed E-state index contributed by atoms with van der Waals surface area (Å²) < 4.78 is 7.39. The number of cyclic esters (lactones) is 1. The highest BCUT2D eigenvalue weighted by Gasteiger charge is 2.40. The number of aliphatic hydroxyl groups excluding tert-OH is 5. The summed E-state index contributed by atoms with van der Waals surface area (Å²) in [7, 11) is 0. The number of amides is 13. The van der Waals surface area contributed by atoms with E-state index in [0.29, 0.717) is 5.06 Å². The van der Waals surface area contributed by atoms with Crippen molar-refractivity contribution in [3.63, 3.8) is 0 Å². The number of esters is 1. The van der Waals surface area contributed by atoms with Crippen LogP contribution in [0.3, 0.4) is 0 Å². The Bertz CT molecular complexity index is 3590. The van der Waals surface area contributed by atoms with Gasteiger partial charge in [0.1, 0.15) is 66.1 Å². The van der Waals surface area contributed by atoms with Crippen LogP contribution < -0.4 is 75.3 Å². The number of aromatic hydroxyl groups is 1. The average molecular weight is 1390 g/mol. The van der Waals surface area contributed by atoms with E-state index in [1.807, 2.05) is 16.0 Å². The van der Waals surface area contributed by atoms with Gasteiger partial charge in [-0.3, -0.25) is 72.1 Å². The number of primary amides is 1. The molecule has 43 nitrogen and oxygen atoms in total. The van der Waals surface area contributed by atoms with Crippen molar-refractivity contribution in [1.82, 2.24) is 77.7 Å². The number of carbonyl (C=O) groups excluding carboxylic acids is 13. The van der Waals surface area contributed by atoms with E-state index in [4.69, 9.17) is 10.5 Å². The Balaban J connectivity index is 1.23. The summed E-state index contributed by atoms with van der Waals surface area (Å²) >= 11 is 0. The Kier molecular flexibility index (Phi) is 28.8. The van der Waals surface area contributed by atoms with Gasteiger partial charge in [-0.2, -0.15) is 0 Å². The van der Waals surface area contributed by atoms with Crippen LogP contribution in [-0.2, 0) is 78.4 Å². The van der Waals surface area contributed by atoms with Crippen LogP contribution in [0.5, 0.6) is 5.75 Å². The molecule has 538 valence electrons. The van der Waals surface area contributed by atoms with Crippen molar-refractivity contribution in [1.29, 1.82) is 0 Å². The SMILES string of the molecule is CC(=O)N(O)CCCC(NC(=O)C(CCO)NC(=O)C(CCCNC(N)=O)NC(=O)C(CO)NC(=O)C(NC(=O)CNC(=O)C(CCO)NC(=O)C(CO)NC(=O)C(CC(=O)O)NC(=O)C1CCn2c(=O)[nH]c3cc4cc(O)c(=O)cc-4n1c32)C(O)C(=O)O)C(=O)NC1CCOC1=O. The van der Waals surface area contributed by atoms with Gasteiger partial charge in [-0.15, -0.1) is 0 Å². The molecule has 43 heteroatoms. The maximum atomic E-state index is 14.0. The van der Waals surface area contributed by atoms with Crippen molar-refractivity contribution in [3.05, 3.63) is 38.9 Å². The van der Waals surface area contributed by atoms with E-state index < -0.39 is 231 Å². The van der Waals surface area contributed by atoms with Crippen molar-refractivity contribution in [2.75, 3.05) is 52.7 Å². The van der Waals surface area contributed by atoms with Crippen LogP contribution >= 0.6 is 0 Å². The molecule has 11 atom stereocenters. The number of phenols is 1. The molecule has 1 aliphatic carbocycles. The molecule has 13 amide bonds. The molecule has 23 N–H and O–H groups in total. The first-order chi connectivity index (χ1) is 46.3. The molecular weight excluding hydrogens is 1320 g/mol. The van der Waals surface area contributed by atoms with Crippen LogP contribution in [0.15, 0.2) is 27.8 Å². The van der Waals surface area contributed by atoms with E-state index in [1.54, 1.807) is 5.32 Å². The number of carbonyl (C=O) groups is 15. The zero-order valence-corrected chi connectivity index (χ0v) is 52.1. The summed E-state index contributed by atoms with van der Waals surface area (Å²) in [5.41, 5.74) is 4.23.